The molecule has 4 aliphatic heterocycles. The number of hydrogen-bond donors (Lipinski definition) is 1. The second-order valence-corrected chi connectivity index (χ2v) is 6.24. The van der Waals surface area contributed by atoms with Crippen LogP contribution < -0.4 is 5.32 Å². The Morgan fingerprint density at radius 2 is 1.71 bits per heavy atom. The molecule has 0 spiro atoms. The Kier molecular flexibility index (Phi) is 3.69. The van der Waals surface area contributed by atoms with Crippen molar-refractivity contribution in [2.75, 3.05) is 46.3 Å². The van der Waals surface area contributed by atoms with Gasteiger partial charge in [0.25, 0.3) is 0 Å². The molecular formula is C14H27N3. The first kappa shape index (κ1) is 11.9. The van der Waals surface area contributed by atoms with Gasteiger partial charge in [0.1, 0.15) is 0 Å². The van der Waals surface area contributed by atoms with E-state index in [9.17, 15) is 0 Å². The van der Waals surface area contributed by atoms with E-state index in [2.05, 4.69) is 22.2 Å². The van der Waals surface area contributed by atoms with Gasteiger partial charge in [-0.1, -0.05) is 0 Å². The van der Waals surface area contributed by atoms with Crippen molar-refractivity contribution in [3.05, 3.63) is 0 Å². The summed E-state index contributed by atoms with van der Waals surface area (Å²) in [4.78, 5) is 5.49. The standard InChI is InChI=1S/C14H27N3/c1-15-10-12-2-8-17(9-3-12)14-11-16-6-4-13(14)5-7-16/h12-15H,2-11H2,1H3. The van der Waals surface area contributed by atoms with Crippen molar-refractivity contribution in [1.29, 1.82) is 0 Å². The van der Waals surface area contributed by atoms with Crippen LogP contribution in [0.25, 0.3) is 0 Å². The Morgan fingerprint density at radius 1 is 1.00 bits per heavy atom. The molecule has 0 aromatic heterocycles. The maximum absolute atomic E-state index is 3.33. The molecule has 17 heavy (non-hydrogen) atoms. The fraction of sp³-hybridized carbons (Fsp3) is 1.00. The van der Waals surface area contributed by atoms with E-state index in [0.717, 1.165) is 17.9 Å². The molecule has 1 atom stereocenters. The van der Waals surface area contributed by atoms with Gasteiger partial charge >= 0.3 is 0 Å². The lowest BCUT2D eigenvalue weighted by atomic mass is 9.82. The van der Waals surface area contributed by atoms with Crippen LogP contribution in [0.2, 0.25) is 0 Å². The van der Waals surface area contributed by atoms with Crippen LogP contribution >= 0.6 is 0 Å². The van der Waals surface area contributed by atoms with Crippen LogP contribution in [-0.2, 0) is 0 Å². The highest BCUT2D eigenvalue weighted by molar-refractivity contribution is 4.93. The highest BCUT2D eigenvalue weighted by Gasteiger charge is 2.38. The van der Waals surface area contributed by atoms with Gasteiger partial charge in [-0.25, -0.2) is 0 Å². The molecule has 0 amide bonds. The number of likely N-dealkylation sites (tertiary alicyclic amines) is 1. The Balaban J connectivity index is 1.53. The van der Waals surface area contributed by atoms with Gasteiger partial charge in [-0.15, -0.1) is 0 Å². The molecule has 4 saturated heterocycles. The maximum Gasteiger partial charge on any atom is 0.0252 e. The van der Waals surface area contributed by atoms with E-state index in [0.29, 0.717) is 0 Å². The third kappa shape index (κ3) is 2.51. The Labute approximate surface area is 106 Å². The average molecular weight is 237 g/mol. The highest BCUT2D eigenvalue weighted by atomic mass is 15.3. The lowest BCUT2D eigenvalue weighted by Crippen LogP contribution is -2.58. The van der Waals surface area contributed by atoms with Gasteiger partial charge in [-0.2, -0.15) is 0 Å². The number of hydrogen-bond acceptors (Lipinski definition) is 3. The van der Waals surface area contributed by atoms with E-state index in [1.54, 1.807) is 0 Å². The van der Waals surface area contributed by atoms with Crippen LogP contribution in [0.5, 0.6) is 0 Å². The van der Waals surface area contributed by atoms with Crippen molar-refractivity contribution >= 4 is 0 Å². The van der Waals surface area contributed by atoms with Crippen LogP contribution in [0.15, 0.2) is 0 Å². The molecule has 4 fully saturated rings. The fourth-order valence-corrected chi connectivity index (χ4v) is 4.12. The minimum atomic E-state index is 0.896. The van der Waals surface area contributed by atoms with E-state index in [1.165, 1.54) is 65.0 Å². The van der Waals surface area contributed by atoms with Crippen molar-refractivity contribution in [2.24, 2.45) is 11.8 Å². The smallest absolute Gasteiger partial charge is 0.0252 e. The average Bonchev–Trinajstić information content (AvgIpc) is 2.41. The molecule has 98 valence electrons. The lowest BCUT2D eigenvalue weighted by Gasteiger charge is -2.50. The molecule has 0 aromatic rings. The van der Waals surface area contributed by atoms with Crippen LogP contribution in [0.3, 0.4) is 0 Å². The molecular weight excluding hydrogens is 210 g/mol. The van der Waals surface area contributed by atoms with Crippen molar-refractivity contribution in [3.63, 3.8) is 0 Å². The molecule has 0 aromatic carbocycles. The minimum absolute atomic E-state index is 0.896. The summed E-state index contributed by atoms with van der Waals surface area (Å²) in [6.45, 7) is 8.02. The molecule has 4 rings (SSSR count). The Hall–Kier alpha value is -0.120. The summed E-state index contributed by atoms with van der Waals surface area (Å²) in [5, 5.41) is 3.33. The summed E-state index contributed by atoms with van der Waals surface area (Å²) in [6, 6.07) is 0.896. The first-order valence-electron chi connectivity index (χ1n) is 7.48. The predicted octanol–water partition coefficient (Wildman–Crippen LogP) is 1.01. The van der Waals surface area contributed by atoms with Gasteiger partial charge in [0.2, 0.25) is 0 Å². The molecule has 0 radical (unpaired) electrons. The number of nitrogens with one attached hydrogen (secondary N) is 1. The minimum Gasteiger partial charge on any atom is -0.319 e. The maximum atomic E-state index is 3.33. The van der Waals surface area contributed by atoms with Crippen LogP contribution in [-0.4, -0.2) is 62.2 Å². The van der Waals surface area contributed by atoms with Crippen LogP contribution in [0, 0.1) is 11.8 Å². The zero-order chi connectivity index (χ0) is 11.7. The fourth-order valence-electron chi connectivity index (χ4n) is 4.12. The molecule has 1 unspecified atom stereocenters. The van der Waals surface area contributed by atoms with E-state index in [4.69, 9.17) is 0 Å². The third-order valence-electron chi connectivity index (χ3n) is 5.23. The van der Waals surface area contributed by atoms with Crippen molar-refractivity contribution < 1.29 is 0 Å². The van der Waals surface area contributed by atoms with Crippen molar-refractivity contribution in [2.45, 2.75) is 31.7 Å². The van der Waals surface area contributed by atoms with Gasteiger partial charge in [-0.3, -0.25) is 4.90 Å². The highest BCUT2D eigenvalue weighted by Crippen LogP contribution is 2.32. The lowest BCUT2D eigenvalue weighted by molar-refractivity contribution is -0.00855. The normalized spacial score (nSPS) is 39.7. The molecule has 0 saturated carbocycles. The van der Waals surface area contributed by atoms with Gasteiger partial charge in [0.15, 0.2) is 0 Å². The van der Waals surface area contributed by atoms with E-state index < -0.39 is 0 Å². The van der Waals surface area contributed by atoms with Crippen LogP contribution in [0.1, 0.15) is 25.7 Å². The summed E-state index contributed by atoms with van der Waals surface area (Å²) < 4.78 is 0. The molecule has 4 heterocycles. The Morgan fingerprint density at radius 3 is 2.24 bits per heavy atom. The first-order valence-corrected chi connectivity index (χ1v) is 7.48. The third-order valence-corrected chi connectivity index (χ3v) is 5.23. The number of fused-ring (bicyclic) bond motifs is 3. The van der Waals surface area contributed by atoms with Gasteiger partial charge in [0.05, 0.1) is 0 Å². The first-order chi connectivity index (χ1) is 8.36. The largest absolute Gasteiger partial charge is 0.319 e. The number of nitrogens with zero attached hydrogens (tertiary/aromatic N) is 2. The summed E-state index contributed by atoms with van der Waals surface area (Å²) in [7, 11) is 2.08. The number of rotatable bonds is 3. The molecule has 2 bridgehead atoms. The van der Waals surface area contributed by atoms with Gasteiger partial charge in [-0.05, 0) is 77.3 Å². The second kappa shape index (κ2) is 5.25. The van der Waals surface area contributed by atoms with E-state index in [-0.39, 0.29) is 0 Å². The molecule has 4 aliphatic rings. The summed E-state index contributed by atoms with van der Waals surface area (Å²) in [6.07, 6.45) is 5.73. The molecule has 0 aliphatic carbocycles. The van der Waals surface area contributed by atoms with Crippen molar-refractivity contribution in [3.8, 4) is 0 Å². The SMILES string of the molecule is CNCC1CCN(C2CN3CCC2CC3)CC1. The quantitative estimate of drug-likeness (QED) is 0.790. The zero-order valence-corrected chi connectivity index (χ0v) is 11.2. The molecule has 1 N–H and O–H groups in total. The monoisotopic (exact) mass is 237 g/mol. The van der Waals surface area contributed by atoms with Crippen molar-refractivity contribution in [1.82, 2.24) is 15.1 Å². The number of piperidine rings is 4. The van der Waals surface area contributed by atoms with Crippen LogP contribution in [0.4, 0.5) is 0 Å². The predicted molar refractivity (Wildman–Crippen MR) is 71.2 cm³/mol. The van der Waals surface area contributed by atoms with E-state index >= 15 is 0 Å². The molecule has 3 heteroatoms. The summed E-state index contributed by atoms with van der Waals surface area (Å²) >= 11 is 0. The van der Waals surface area contributed by atoms with Gasteiger partial charge in [0, 0.05) is 12.6 Å². The topological polar surface area (TPSA) is 18.5 Å². The summed E-state index contributed by atoms with van der Waals surface area (Å²) in [5.74, 6) is 1.94. The summed E-state index contributed by atoms with van der Waals surface area (Å²) in [5.41, 5.74) is 0. The Bertz CT molecular complexity index is 240. The van der Waals surface area contributed by atoms with Gasteiger partial charge < -0.3 is 10.2 Å². The van der Waals surface area contributed by atoms with E-state index in [1.807, 2.05) is 0 Å². The molecule has 3 nitrogen and oxygen atoms in total. The second-order valence-electron chi connectivity index (χ2n) is 6.24. The zero-order valence-electron chi connectivity index (χ0n) is 11.2.